The van der Waals surface area contributed by atoms with Gasteiger partial charge in [0.15, 0.2) is 12.0 Å². The molecule has 0 unspecified atom stereocenters. The van der Waals surface area contributed by atoms with Crippen LogP contribution in [0.3, 0.4) is 0 Å². The monoisotopic (exact) mass is 314 g/mol. The molecule has 0 aromatic rings. The zero-order valence-corrected chi connectivity index (χ0v) is 11.3. The van der Waals surface area contributed by atoms with Gasteiger partial charge in [0.1, 0.15) is 20.2 Å². The zero-order chi connectivity index (χ0) is 10.4. The van der Waals surface area contributed by atoms with Crippen LogP contribution in [0.5, 0.6) is 0 Å². The first-order valence-corrected chi connectivity index (χ1v) is 5.27. The second kappa shape index (κ2) is 8.47. The third-order valence-electron chi connectivity index (χ3n) is 0.267. The minimum absolute atomic E-state index is 0. The van der Waals surface area contributed by atoms with Crippen LogP contribution in [-0.2, 0) is 20.2 Å². The van der Waals surface area contributed by atoms with E-state index in [-0.39, 0.29) is 45.5 Å². The van der Waals surface area contributed by atoms with E-state index >= 15 is 0 Å². The second-order valence-corrected chi connectivity index (χ2v) is 4.00. The number of rotatable bonds is 2. The van der Waals surface area contributed by atoms with Crippen LogP contribution in [0.25, 0.3) is 0 Å². The molecule has 0 fully saturated rings. The van der Waals surface area contributed by atoms with Crippen LogP contribution in [0.1, 0.15) is 0 Å². The van der Waals surface area contributed by atoms with E-state index in [0.29, 0.717) is 0 Å². The Hall–Kier alpha value is 1.16. The summed E-state index contributed by atoms with van der Waals surface area (Å²) in [5.41, 5.74) is 0. The van der Waals surface area contributed by atoms with Crippen molar-refractivity contribution in [1.82, 2.24) is 0 Å². The Labute approximate surface area is 111 Å². The predicted molar refractivity (Wildman–Crippen MR) is 37.1 cm³/mol. The van der Waals surface area contributed by atoms with E-state index < -0.39 is 32.2 Å². The summed E-state index contributed by atoms with van der Waals surface area (Å²) in [6.45, 7) is 0. The van der Waals surface area contributed by atoms with E-state index in [1.54, 1.807) is 0 Å². The van der Waals surface area contributed by atoms with Gasteiger partial charge in [-0.1, -0.05) is 0 Å². The molecule has 6 nitrogen and oxygen atoms in total. The molecule has 0 N–H and O–H groups in total. The summed E-state index contributed by atoms with van der Waals surface area (Å²) in [5.74, 6) is 0. The molecule has 0 aromatic heterocycles. The maximum Gasteiger partial charge on any atom is 2.00 e. The van der Waals surface area contributed by atoms with E-state index in [0.717, 1.165) is 0 Å². The first kappa shape index (κ1) is 19.7. The molecule has 0 rings (SSSR count). The zero-order valence-electron chi connectivity index (χ0n) is 6.14. The number of alkyl halides is 2. The Morgan fingerprint density at radius 3 is 0.923 bits per heavy atom. The van der Waals surface area contributed by atoms with Gasteiger partial charge in [0.2, 0.25) is 0 Å². The minimum Gasteiger partial charge on any atom is -0.746 e. The third-order valence-corrected chi connectivity index (χ3v) is 0.802. The van der Waals surface area contributed by atoms with Gasteiger partial charge in [-0.2, -0.15) is 0 Å². The van der Waals surface area contributed by atoms with Gasteiger partial charge in [-0.3, -0.25) is 0 Å². The predicted octanol–water partition coefficient (Wildman–Crippen LogP) is -1.46. The molecule has 0 aromatic carbocycles. The van der Waals surface area contributed by atoms with Gasteiger partial charge in [0.25, 0.3) is 0 Å². The third kappa shape index (κ3) is 32.0. The van der Waals surface area contributed by atoms with Crippen molar-refractivity contribution in [2.24, 2.45) is 0 Å². The summed E-state index contributed by atoms with van der Waals surface area (Å²) >= 11 is 0. The van der Waals surface area contributed by atoms with Crippen molar-refractivity contribution in [3.63, 3.8) is 0 Å². The van der Waals surface area contributed by atoms with Crippen molar-refractivity contribution >= 4 is 65.7 Å². The standard InChI is InChI=1S/2CH3FO3S.Sr/c2*2-1-6(3,4)5;/h2*1H2,(H,3,4,5);/q;;+2/p-2. The molecule has 0 saturated carbocycles. The van der Waals surface area contributed by atoms with Crippen molar-refractivity contribution in [2.75, 3.05) is 12.0 Å². The normalized spacial score (nSPS) is 10.8. The number of halogens is 2. The molecule has 0 atom stereocenters. The summed E-state index contributed by atoms with van der Waals surface area (Å²) in [6.07, 6.45) is 0. The quantitative estimate of drug-likeness (QED) is 0.454. The molecule has 0 bridgehead atoms. The van der Waals surface area contributed by atoms with Gasteiger partial charge in [0.05, 0.1) is 0 Å². The molecule has 0 aliphatic carbocycles. The molecule has 0 aliphatic heterocycles. The Kier molecular flexibility index (Phi) is 12.8. The van der Waals surface area contributed by atoms with Gasteiger partial charge < -0.3 is 9.11 Å². The fourth-order valence-electron chi connectivity index (χ4n) is 0. The maximum absolute atomic E-state index is 10.6. The number of hydrogen-bond donors (Lipinski definition) is 0. The van der Waals surface area contributed by atoms with Gasteiger partial charge in [-0.25, -0.2) is 25.6 Å². The summed E-state index contributed by atoms with van der Waals surface area (Å²) in [5, 5.41) is 0. The van der Waals surface area contributed by atoms with Crippen LogP contribution in [0, 0.1) is 0 Å². The first-order chi connectivity index (χ1) is 5.12. The summed E-state index contributed by atoms with van der Waals surface area (Å²) in [6, 6.07) is -3.62. The van der Waals surface area contributed by atoms with Crippen LogP contribution < -0.4 is 0 Å². The van der Waals surface area contributed by atoms with E-state index in [4.69, 9.17) is 25.9 Å². The van der Waals surface area contributed by atoms with Crippen molar-refractivity contribution in [1.29, 1.82) is 0 Å². The van der Waals surface area contributed by atoms with Gasteiger partial charge in [-0.05, 0) is 0 Å². The van der Waals surface area contributed by atoms with E-state index in [1.807, 2.05) is 0 Å². The van der Waals surface area contributed by atoms with Crippen LogP contribution >= 0.6 is 0 Å². The smallest absolute Gasteiger partial charge is 0.746 e. The summed E-state index contributed by atoms with van der Waals surface area (Å²) < 4.78 is 75.6. The number of hydrogen-bond acceptors (Lipinski definition) is 6. The molecule has 76 valence electrons. The molecule has 13 heavy (non-hydrogen) atoms. The Morgan fingerprint density at radius 2 is 0.923 bits per heavy atom. The van der Waals surface area contributed by atoms with Crippen LogP contribution in [0.2, 0.25) is 0 Å². The topological polar surface area (TPSA) is 114 Å². The Bertz CT molecular complexity index is 263. The van der Waals surface area contributed by atoms with E-state index in [9.17, 15) is 8.78 Å². The SMILES string of the molecule is O=S(=O)([O-])CF.O=S(=O)([O-])CF.[Sr+2]. The summed E-state index contributed by atoms with van der Waals surface area (Å²) in [7, 11) is -9.16. The molecule has 0 heterocycles. The molecular weight excluding hydrogens is 310 g/mol. The largest absolute Gasteiger partial charge is 2.00 e. The molecule has 0 saturated heterocycles. The molecular formula is C2H4F2O6S2Sr. The van der Waals surface area contributed by atoms with Crippen LogP contribution in [-0.4, -0.2) is 83.4 Å². The van der Waals surface area contributed by atoms with Gasteiger partial charge in [-0.15, -0.1) is 0 Å². The van der Waals surface area contributed by atoms with Crippen molar-refractivity contribution in [3.8, 4) is 0 Å². The van der Waals surface area contributed by atoms with Gasteiger partial charge >= 0.3 is 45.5 Å². The van der Waals surface area contributed by atoms with Crippen LogP contribution in [0.15, 0.2) is 0 Å². The van der Waals surface area contributed by atoms with Crippen molar-refractivity contribution in [3.05, 3.63) is 0 Å². The van der Waals surface area contributed by atoms with Crippen molar-refractivity contribution in [2.45, 2.75) is 0 Å². The molecule has 0 spiro atoms. The second-order valence-electron chi connectivity index (χ2n) is 1.33. The van der Waals surface area contributed by atoms with Gasteiger partial charge in [0, 0.05) is 0 Å². The minimum atomic E-state index is -4.58. The van der Waals surface area contributed by atoms with Crippen LogP contribution in [0.4, 0.5) is 8.78 Å². The van der Waals surface area contributed by atoms with E-state index in [2.05, 4.69) is 0 Å². The van der Waals surface area contributed by atoms with Crippen molar-refractivity contribution < 1.29 is 34.7 Å². The Balaban J connectivity index is -0.000000143. The fourth-order valence-corrected chi connectivity index (χ4v) is 0. The van der Waals surface area contributed by atoms with E-state index in [1.165, 1.54) is 0 Å². The first-order valence-electron chi connectivity index (χ1n) is 2.11. The maximum atomic E-state index is 10.6. The molecule has 0 radical (unpaired) electrons. The average molecular weight is 314 g/mol. The molecule has 11 heteroatoms. The average Bonchev–Trinajstić information content (AvgIpc) is 1.86. The molecule has 0 aliphatic rings. The summed E-state index contributed by atoms with van der Waals surface area (Å²) in [4.78, 5) is 0. The molecule has 0 amide bonds. The fraction of sp³-hybridized carbons (Fsp3) is 1.00. The Morgan fingerprint density at radius 1 is 0.846 bits per heavy atom.